The minimum Gasteiger partial charge on any atom is -0.322 e. The van der Waals surface area contributed by atoms with Crippen molar-refractivity contribution in [2.24, 2.45) is 0 Å². The second-order valence-corrected chi connectivity index (χ2v) is 5.55. The van der Waals surface area contributed by atoms with E-state index in [1.165, 1.54) is 0 Å². The number of para-hydroxylation sites is 1. The normalized spacial score (nSPS) is 20.3. The Morgan fingerprint density at radius 1 is 1.47 bits per heavy atom. The smallest absolute Gasteiger partial charge is 0.238 e. The van der Waals surface area contributed by atoms with Crippen LogP contribution in [0.1, 0.15) is 6.92 Å². The van der Waals surface area contributed by atoms with Crippen LogP contribution in [0.5, 0.6) is 0 Å². The predicted molar refractivity (Wildman–Crippen MR) is 79.0 cm³/mol. The van der Waals surface area contributed by atoms with E-state index in [-0.39, 0.29) is 5.91 Å². The van der Waals surface area contributed by atoms with Gasteiger partial charge < -0.3 is 10.6 Å². The molecule has 0 aromatic heterocycles. The second kappa shape index (κ2) is 6.57. The van der Waals surface area contributed by atoms with E-state index in [1.54, 1.807) is 18.2 Å². The quantitative estimate of drug-likeness (QED) is 0.900. The predicted octanol–water partition coefficient (Wildman–Crippen LogP) is 2.23. The van der Waals surface area contributed by atoms with Crippen molar-refractivity contribution < 1.29 is 4.79 Å². The molecular formula is C13H17Cl2N3O. The van der Waals surface area contributed by atoms with Crippen molar-refractivity contribution in [3.63, 3.8) is 0 Å². The number of benzene rings is 1. The number of nitrogens with one attached hydrogen (secondary N) is 2. The van der Waals surface area contributed by atoms with Gasteiger partial charge in [0.1, 0.15) is 0 Å². The van der Waals surface area contributed by atoms with Crippen LogP contribution in [-0.4, -0.2) is 43.0 Å². The first-order valence-corrected chi connectivity index (χ1v) is 7.01. The largest absolute Gasteiger partial charge is 0.322 e. The van der Waals surface area contributed by atoms with Gasteiger partial charge in [0, 0.05) is 25.7 Å². The lowest BCUT2D eigenvalue weighted by Gasteiger charge is -2.31. The SMILES string of the molecule is C[C@@H]1CN(CC(=O)Nc2c(Cl)cccc2Cl)CCN1. The zero-order chi connectivity index (χ0) is 13.8. The van der Waals surface area contributed by atoms with Crippen LogP contribution in [-0.2, 0) is 4.79 Å². The number of piperazine rings is 1. The zero-order valence-electron chi connectivity index (χ0n) is 10.7. The van der Waals surface area contributed by atoms with Gasteiger partial charge in [0.05, 0.1) is 22.3 Å². The number of hydrogen-bond donors (Lipinski definition) is 2. The summed E-state index contributed by atoms with van der Waals surface area (Å²) >= 11 is 12.0. The Morgan fingerprint density at radius 2 is 2.16 bits per heavy atom. The van der Waals surface area contributed by atoms with Crippen LogP contribution in [0.4, 0.5) is 5.69 Å². The van der Waals surface area contributed by atoms with Crippen molar-refractivity contribution in [1.82, 2.24) is 10.2 Å². The van der Waals surface area contributed by atoms with E-state index in [4.69, 9.17) is 23.2 Å². The fourth-order valence-electron chi connectivity index (χ4n) is 2.16. The molecule has 2 N–H and O–H groups in total. The van der Waals surface area contributed by atoms with E-state index in [0.717, 1.165) is 19.6 Å². The van der Waals surface area contributed by atoms with Gasteiger partial charge in [-0.05, 0) is 19.1 Å². The van der Waals surface area contributed by atoms with E-state index in [0.29, 0.717) is 28.3 Å². The van der Waals surface area contributed by atoms with Crippen molar-refractivity contribution >= 4 is 34.8 Å². The standard InChI is InChI=1S/C13H17Cl2N3O/c1-9-7-18(6-5-16-9)8-12(19)17-13-10(14)3-2-4-11(13)15/h2-4,9,16H,5-8H2,1H3,(H,17,19)/t9-/m1/s1. The van der Waals surface area contributed by atoms with E-state index in [1.807, 2.05) is 0 Å². The van der Waals surface area contributed by atoms with Crippen molar-refractivity contribution in [2.75, 3.05) is 31.5 Å². The van der Waals surface area contributed by atoms with Crippen molar-refractivity contribution in [3.05, 3.63) is 28.2 Å². The highest BCUT2D eigenvalue weighted by molar-refractivity contribution is 6.39. The van der Waals surface area contributed by atoms with Gasteiger partial charge in [-0.1, -0.05) is 29.3 Å². The van der Waals surface area contributed by atoms with Crippen LogP contribution < -0.4 is 10.6 Å². The summed E-state index contributed by atoms with van der Waals surface area (Å²) < 4.78 is 0. The summed E-state index contributed by atoms with van der Waals surface area (Å²) in [6, 6.07) is 5.56. The number of amides is 1. The lowest BCUT2D eigenvalue weighted by Crippen LogP contribution is -2.51. The van der Waals surface area contributed by atoms with Gasteiger partial charge in [0.15, 0.2) is 0 Å². The number of anilines is 1. The molecule has 1 saturated heterocycles. The molecule has 0 unspecified atom stereocenters. The summed E-state index contributed by atoms with van der Waals surface area (Å²) in [5.41, 5.74) is 0.485. The van der Waals surface area contributed by atoms with Crippen molar-refractivity contribution in [2.45, 2.75) is 13.0 Å². The van der Waals surface area contributed by atoms with Crippen LogP contribution in [0.15, 0.2) is 18.2 Å². The molecule has 6 heteroatoms. The van der Waals surface area contributed by atoms with Gasteiger partial charge in [-0.15, -0.1) is 0 Å². The van der Waals surface area contributed by atoms with E-state index in [9.17, 15) is 4.79 Å². The molecule has 1 aliphatic rings. The molecule has 0 radical (unpaired) electrons. The van der Waals surface area contributed by atoms with Gasteiger partial charge in [-0.3, -0.25) is 9.69 Å². The maximum Gasteiger partial charge on any atom is 0.238 e. The Balaban J connectivity index is 1.94. The first-order valence-electron chi connectivity index (χ1n) is 6.26. The first-order chi connectivity index (χ1) is 9.06. The molecule has 19 heavy (non-hydrogen) atoms. The molecule has 4 nitrogen and oxygen atoms in total. The molecule has 1 aromatic rings. The molecule has 2 rings (SSSR count). The average Bonchev–Trinajstić information content (AvgIpc) is 2.34. The molecule has 0 bridgehead atoms. The summed E-state index contributed by atoms with van der Waals surface area (Å²) in [6.45, 7) is 5.10. The minimum atomic E-state index is -0.0934. The highest BCUT2D eigenvalue weighted by Crippen LogP contribution is 2.29. The fraction of sp³-hybridized carbons (Fsp3) is 0.462. The van der Waals surface area contributed by atoms with E-state index in [2.05, 4.69) is 22.5 Å². The molecule has 0 aliphatic carbocycles. The second-order valence-electron chi connectivity index (χ2n) is 4.74. The zero-order valence-corrected chi connectivity index (χ0v) is 12.3. The third-order valence-corrected chi connectivity index (χ3v) is 3.68. The van der Waals surface area contributed by atoms with Crippen LogP contribution in [0.2, 0.25) is 10.0 Å². The third kappa shape index (κ3) is 4.08. The molecule has 0 spiro atoms. The van der Waals surface area contributed by atoms with Crippen LogP contribution >= 0.6 is 23.2 Å². The summed E-state index contributed by atoms with van der Waals surface area (Å²) in [5, 5.41) is 7.02. The monoisotopic (exact) mass is 301 g/mol. The van der Waals surface area contributed by atoms with Crippen molar-refractivity contribution in [3.8, 4) is 0 Å². The molecule has 1 fully saturated rings. The van der Waals surface area contributed by atoms with E-state index < -0.39 is 0 Å². The Morgan fingerprint density at radius 3 is 2.79 bits per heavy atom. The van der Waals surface area contributed by atoms with Gasteiger partial charge >= 0.3 is 0 Å². The number of nitrogens with zero attached hydrogens (tertiary/aromatic N) is 1. The Labute approximate surface area is 123 Å². The Bertz CT molecular complexity index is 447. The number of halogens is 2. The lowest BCUT2D eigenvalue weighted by atomic mass is 10.2. The summed E-state index contributed by atoms with van der Waals surface area (Å²) in [7, 11) is 0. The maximum atomic E-state index is 12.0. The van der Waals surface area contributed by atoms with Crippen LogP contribution in [0, 0.1) is 0 Å². The third-order valence-electron chi connectivity index (χ3n) is 3.05. The highest BCUT2D eigenvalue weighted by Gasteiger charge is 2.18. The molecule has 1 heterocycles. The van der Waals surface area contributed by atoms with Gasteiger partial charge in [0.25, 0.3) is 0 Å². The highest BCUT2D eigenvalue weighted by atomic mass is 35.5. The topological polar surface area (TPSA) is 44.4 Å². The molecule has 104 valence electrons. The number of carbonyl (C=O) groups excluding carboxylic acids is 1. The molecule has 0 saturated carbocycles. The fourth-order valence-corrected chi connectivity index (χ4v) is 2.65. The molecular weight excluding hydrogens is 285 g/mol. The number of rotatable bonds is 3. The minimum absolute atomic E-state index is 0.0934. The van der Waals surface area contributed by atoms with Crippen LogP contribution in [0.3, 0.4) is 0 Å². The van der Waals surface area contributed by atoms with Gasteiger partial charge in [-0.25, -0.2) is 0 Å². The molecule has 1 amide bonds. The van der Waals surface area contributed by atoms with Crippen molar-refractivity contribution in [1.29, 1.82) is 0 Å². The average molecular weight is 302 g/mol. The Hall–Kier alpha value is -0.810. The lowest BCUT2D eigenvalue weighted by molar-refractivity contribution is -0.117. The first kappa shape index (κ1) is 14.6. The molecule has 1 aliphatic heterocycles. The summed E-state index contributed by atoms with van der Waals surface area (Å²) in [6.07, 6.45) is 0. The summed E-state index contributed by atoms with van der Waals surface area (Å²) in [4.78, 5) is 14.1. The maximum absolute atomic E-state index is 12.0. The summed E-state index contributed by atoms with van der Waals surface area (Å²) in [5.74, 6) is -0.0934. The van der Waals surface area contributed by atoms with Gasteiger partial charge in [0.2, 0.25) is 5.91 Å². The molecule has 1 aromatic carbocycles. The Kier molecular flexibility index (Phi) is 5.05. The van der Waals surface area contributed by atoms with E-state index >= 15 is 0 Å². The number of hydrogen-bond acceptors (Lipinski definition) is 3. The number of carbonyl (C=O) groups is 1. The van der Waals surface area contributed by atoms with Gasteiger partial charge in [-0.2, -0.15) is 0 Å². The molecule has 1 atom stereocenters. The van der Waals surface area contributed by atoms with Crippen LogP contribution in [0.25, 0.3) is 0 Å².